The average molecular weight is 684 g/mol. The monoisotopic (exact) mass is 683 g/mol. The number of hydrogen-bond acceptors (Lipinski definition) is 13. The lowest BCUT2D eigenvalue weighted by Gasteiger charge is -2.43. The lowest BCUT2D eigenvalue weighted by molar-refractivity contribution is -0.0458. The van der Waals surface area contributed by atoms with Crippen molar-refractivity contribution in [1.82, 2.24) is 44.9 Å². The van der Waals surface area contributed by atoms with Crippen molar-refractivity contribution in [2.75, 3.05) is 32.2 Å². The number of morpholine rings is 1. The summed E-state index contributed by atoms with van der Waals surface area (Å²) in [4.78, 5) is 12.0. The molecule has 2 saturated heterocycles. The standard InChI is InChI=1S/C35H45N11O4/c1-23(12-13-47-3)50-34-32(19-45(41-34)28-6-8-29(9-7-28)46-30-10-11-31(46)21-48-20-30)40-35-37-16-27(17-38-35)25-4-5-26(15-36)33(14-25)49-24(2)18-44-22-39-42-43-44/h4-5,14,16-17,19,22-24,28-31H,6-13,18,20-21H2,1-3H3,(H,37,38,40)/t23?,24-,28?,29?,30-,31+/m0/s1. The summed E-state index contributed by atoms with van der Waals surface area (Å²) in [5.41, 5.74) is 2.76. The summed E-state index contributed by atoms with van der Waals surface area (Å²) in [6.45, 7) is 6.72. The normalized spacial score (nSPS) is 23.2. The van der Waals surface area contributed by atoms with Gasteiger partial charge < -0.3 is 24.3 Å². The molecule has 7 rings (SSSR count). The van der Waals surface area contributed by atoms with Crippen LogP contribution in [-0.2, 0) is 16.0 Å². The van der Waals surface area contributed by atoms with Crippen LogP contribution in [0.1, 0.15) is 70.4 Å². The third-order valence-corrected chi connectivity index (χ3v) is 10.00. The quantitative estimate of drug-likeness (QED) is 0.197. The number of aromatic nitrogens is 8. The van der Waals surface area contributed by atoms with Crippen LogP contribution in [0.5, 0.6) is 11.6 Å². The summed E-state index contributed by atoms with van der Waals surface area (Å²) in [5.74, 6) is 1.42. The maximum atomic E-state index is 9.69. The van der Waals surface area contributed by atoms with Crippen molar-refractivity contribution in [3.63, 3.8) is 0 Å². The molecule has 264 valence electrons. The summed E-state index contributed by atoms with van der Waals surface area (Å²) < 4.78 is 27.2. The van der Waals surface area contributed by atoms with Crippen LogP contribution >= 0.6 is 0 Å². The first-order chi connectivity index (χ1) is 24.5. The molecule has 0 spiro atoms. The molecule has 3 aliphatic rings. The molecule has 0 amide bonds. The van der Waals surface area contributed by atoms with Gasteiger partial charge in [-0.15, -0.1) is 10.2 Å². The summed E-state index contributed by atoms with van der Waals surface area (Å²) in [7, 11) is 1.69. The summed E-state index contributed by atoms with van der Waals surface area (Å²) in [6.07, 6.45) is 14.4. The van der Waals surface area contributed by atoms with E-state index in [2.05, 4.69) is 46.5 Å². The SMILES string of the molecule is COCCC(C)Oc1nn(C2CCC(N3[C@@H]4CC[C@H]3COC4)CC2)cc1Nc1ncc(-c2ccc(C#N)c(O[C@@H](C)Cn3cnnn3)c2)cn1. The van der Waals surface area contributed by atoms with Crippen molar-refractivity contribution in [1.29, 1.82) is 5.26 Å². The number of rotatable bonds is 14. The van der Waals surface area contributed by atoms with Crippen molar-refractivity contribution < 1.29 is 18.9 Å². The highest BCUT2D eigenvalue weighted by Gasteiger charge is 2.42. The molecule has 15 nitrogen and oxygen atoms in total. The van der Waals surface area contributed by atoms with Gasteiger partial charge in [0.25, 0.3) is 5.88 Å². The van der Waals surface area contributed by atoms with Gasteiger partial charge in [0, 0.05) is 56.2 Å². The minimum atomic E-state index is -0.270. The van der Waals surface area contributed by atoms with E-state index in [1.165, 1.54) is 19.2 Å². The lowest BCUT2D eigenvalue weighted by atomic mass is 9.89. The zero-order chi connectivity index (χ0) is 34.5. The average Bonchev–Trinajstić information content (AvgIpc) is 3.85. The van der Waals surface area contributed by atoms with Crippen LogP contribution < -0.4 is 14.8 Å². The molecular weight excluding hydrogens is 638 g/mol. The molecule has 4 aromatic rings. The van der Waals surface area contributed by atoms with E-state index in [-0.39, 0.29) is 12.2 Å². The highest BCUT2D eigenvalue weighted by atomic mass is 16.5. The highest BCUT2D eigenvalue weighted by molar-refractivity contribution is 5.67. The largest absolute Gasteiger partial charge is 0.487 e. The Balaban J connectivity index is 1.04. The first kappa shape index (κ1) is 33.8. The van der Waals surface area contributed by atoms with Crippen LogP contribution in [0.25, 0.3) is 11.1 Å². The van der Waals surface area contributed by atoms with Crippen LogP contribution in [0.15, 0.2) is 43.1 Å². The molecule has 50 heavy (non-hydrogen) atoms. The van der Waals surface area contributed by atoms with E-state index < -0.39 is 0 Å². The fourth-order valence-corrected chi connectivity index (χ4v) is 7.48. The Hall–Kier alpha value is -4.65. The van der Waals surface area contributed by atoms with Gasteiger partial charge in [0.15, 0.2) is 0 Å². The number of nitrogens with zero attached hydrogens (tertiary/aromatic N) is 10. The van der Waals surface area contributed by atoms with Crippen molar-refractivity contribution in [3.05, 3.63) is 48.7 Å². The van der Waals surface area contributed by atoms with E-state index in [0.29, 0.717) is 60.5 Å². The molecule has 3 aromatic heterocycles. The van der Waals surface area contributed by atoms with E-state index in [9.17, 15) is 5.26 Å². The minimum Gasteiger partial charge on any atom is -0.487 e. The maximum absolute atomic E-state index is 9.69. The number of anilines is 2. The number of tetrazole rings is 1. The highest BCUT2D eigenvalue weighted by Crippen LogP contribution is 2.39. The smallest absolute Gasteiger partial charge is 0.257 e. The molecule has 5 heterocycles. The van der Waals surface area contributed by atoms with Gasteiger partial charge in [-0.05, 0) is 80.5 Å². The van der Waals surface area contributed by atoms with Crippen LogP contribution in [-0.4, -0.2) is 102 Å². The van der Waals surface area contributed by atoms with Gasteiger partial charge in [-0.3, -0.25) is 9.58 Å². The van der Waals surface area contributed by atoms with Crippen molar-refractivity contribution in [2.45, 2.75) is 102 Å². The Labute approximate surface area is 291 Å². The van der Waals surface area contributed by atoms with Gasteiger partial charge in [-0.25, -0.2) is 14.6 Å². The third-order valence-electron chi connectivity index (χ3n) is 10.00. The van der Waals surface area contributed by atoms with E-state index in [0.717, 1.165) is 62.1 Å². The van der Waals surface area contributed by atoms with Crippen LogP contribution in [0, 0.1) is 11.3 Å². The molecule has 2 bridgehead atoms. The number of ether oxygens (including phenoxy) is 4. The molecule has 1 unspecified atom stereocenters. The predicted octanol–water partition coefficient (Wildman–Crippen LogP) is 4.56. The fraction of sp³-hybridized carbons (Fsp3) is 0.571. The molecular formula is C35H45N11O4. The summed E-state index contributed by atoms with van der Waals surface area (Å²) >= 11 is 0. The third kappa shape index (κ3) is 7.72. The van der Waals surface area contributed by atoms with E-state index in [1.54, 1.807) is 30.3 Å². The second kappa shape index (κ2) is 15.5. The van der Waals surface area contributed by atoms with Crippen LogP contribution in [0.4, 0.5) is 11.6 Å². The Morgan fingerprint density at radius 2 is 1.70 bits per heavy atom. The van der Waals surface area contributed by atoms with E-state index in [1.807, 2.05) is 32.2 Å². The Morgan fingerprint density at radius 1 is 0.960 bits per heavy atom. The fourth-order valence-electron chi connectivity index (χ4n) is 7.48. The zero-order valence-corrected chi connectivity index (χ0v) is 28.9. The second-order valence-corrected chi connectivity index (χ2v) is 13.6. The molecule has 4 atom stereocenters. The minimum absolute atomic E-state index is 0.0851. The van der Waals surface area contributed by atoms with Crippen LogP contribution in [0.2, 0.25) is 0 Å². The van der Waals surface area contributed by atoms with E-state index >= 15 is 0 Å². The Bertz CT molecular complexity index is 1720. The molecule has 1 aromatic carbocycles. The van der Waals surface area contributed by atoms with Crippen molar-refractivity contribution >= 4 is 11.6 Å². The first-order valence-electron chi connectivity index (χ1n) is 17.6. The van der Waals surface area contributed by atoms with Gasteiger partial charge >= 0.3 is 0 Å². The van der Waals surface area contributed by atoms with Gasteiger partial charge in [0.2, 0.25) is 5.95 Å². The van der Waals surface area contributed by atoms with Crippen molar-refractivity contribution in [2.24, 2.45) is 0 Å². The molecule has 15 heteroatoms. The van der Waals surface area contributed by atoms with Gasteiger partial charge in [0.05, 0.1) is 43.7 Å². The number of methoxy groups -OCH3 is 1. The lowest BCUT2D eigenvalue weighted by Crippen LogP contribution is -2.52. The molecule has 1 saturated carbocycles. The molecule has 2 aliphatic heterocycles. The first-order valence-corrected chi connectivity index (χ1v) is 17.6. The number of fused-ring (bicyclic) bond motifs is 2. The summed E-state index contributed by atoms with van der Waals surface area (Å²) in [6, 6.07) is 9.72. The second-order valence-electron chi connectivity index (χ2n) is 13.6. The predicted molar refractivity (Wildman–Crippen MR) is 183 cm³/mol. The number of benzene rings is 1. The number of nitriles is 1. The Kier molecular flexibility index (Phi) is 10.5. The molecule has 1 N–H and O–H groups in total. The van der Waals surface area contributed by atoms with Gasteiger partial charge in [-0.2, -0.15) is 5.26 Å². The Morgan fingerprint density at radius 3 is 2.40 bits per heavy atom. The van der Waals surface area contributed by atoms with E-state index in [4.69, 9.17) is 24.0 Å². The van der Waals surface area contributed by atoms with Crippen LogP contribution in [0.3, 0.4) is 0 Å². The number of nitrogens with one attached hydrogen (secondary N) is 1. The molecule has 0 radical (unpaired) electrons. The summed E-state index contributed by atoms with van der Waals surface area (Å²) in [5, 5.41) is 29.2. The maximum Gasteiger partial charge on any atom is 0.257 e. The van der Waals surface area contributed by atoms with Gasteiger partial charge in [0.1, 0.15) is 29.9 Å². The topological polar surface area (TPSA) is 163 Å². The van der Waals surface area contributed by atoms with Crippen molar-refractivity contribution in [3.8, 4) is 28.8 Å². The van der Waals surface area contributed by atoms with Gasteiger partial charge in [-0.1, -0.05) is 6.07 Å². The molecule has 3 fully saturated rings. The molecule has 1 aliphatic carbocycles. The number of hydrogen-bond donors (Lipinski definition) is 1. The zero-order valence-electron chi connectivity index (χ0n) is 28.9.